The van der Waals surface area contributed by atoms with Crippen molar-refractivity contribution in [3.63, 3.8) is 0 Å². The highest BCUT2D eigenvalue weighted by Crippen LogP contribution is 2.18. The Balaban J connectivity index is 1.95. The molecule has 0 aliphatic rings. The summed E-state index contributed by atoms with van der Waals surface area (Å²) in [4.78, 5) is 8.56. The molecule has 0 aliphatic heterocycles. The van der Waals surface area contributed by atoms with Gasteiger partial charge in [0.05, 0.1) is 30.5 Å². The zero-order valence-electron chi connectivity index (χ0n) is 12.4. The van der Waals surface area contributed by atoms with E-state index in [0.29, 0.717) is 30.3 Å². The molecule has 0 spiro atoms. The zero-order valence-corrected chi connectivity index (χ0v) is 12.4. The molecular formula is C14H21N5O. The highest BCUT2D eigenvalue weighted by atomic mass is 16.5. The summed E-state index contributed by atoms with van der Waals surface area (Å²) in [6.45, 7) is 9.02. The Morgan fingerprint density at radius 1 is 1.15 bits per heavy atom. The molecule has 0 saturated heterocycles. The van der Waals surface area contributed by atoms with Crippen LogP contribution in [0.15, 0.2) is 24.8 Å². The van der Waals surface area contributed by atoms with Crippen molar-refractivity contribution < 1.29 is 4.74 Å². The topological polar surface area (TPSA) is 64.9 Å². The maximum absolute atomic E-state index is 5.61. The Labute approximate surface area is 119 Å². The molecule has 20 heavy (non-hydrogen) atoms. The van der Waals surface area contributed by atoms with E-state index in [-0.39, 0.29) is 0 Å². The molecule has 1 N–H and O–H groups in total. The second-order valence-electron chi connectivity index (χ2n) is 5.23. The highest BCUT2D eigenvalue weighted by Gasteiger charge is 2.05. The monoisotopic (exact) mass is 275 g/mol. The largest absolute Gasteiger partial charge is 0.434 e. The van der Waals surface area contributed by atoms with E-state index in [1.807, 2.05) is 10.9 Å². The molecule has 2 heterocycles. The minimum Gasteiger partial charge on any atom is -0.434 e. The summed E-state index contributed by atoms with van der Waals surface area (Å²) >= 11 is 0. The Hall–Kier alpha value is -1.95. The molecule has 0 unspecified atom stereocenters. The van der Waals surface area contributed by atoms with Gasteiger partial charge in [-0.1, -0.05) is 13.8 Å². The van der Waals surface area contributed by atoms with Gasteiger partial charge in [0.25, 0.3) is 0 Å². The Bertz CT molecular complexity index is 533. The second kappa shape index (κ2) is 6.47. The van der Waals surface area contributed by atoms with Crippen molar-refractivity contribution in [2.75, 3.05) is 0 Å². The summed E-state index contributed by atoms with van der Waals surface area (Å²) in [6.07, 6.45) is 6.87. The number of hydrogen-bond acceptors (Lipinski definition) is 5. The van der Waals surface area contributed by atoms with Crippen molar-refractivity contribution in [3.8, 4) is 11.6 Å². The lowest BCUT2D eigenvalue weighted by Crippen LogP contribution is -2.22. The second-order valence-corrected chi connectivity index (χ2v) is 5.23. The fourth-order valence-electron chi connectivity index (χ4n) is 1.57. The van der Waals surface area contributed by atoms with Crippen LogP contribution in [0.5, 0.6) is 11.6 Å². The van der Waals surface area contributed by atoms with Gasteiger partial charge in [-0.15, -0.1) is 0 Å². The molecule has 2 rings (SSSR count). The van der Waals surface area contributed by atoms with Crippen LogP contribution in [0.4, 0.5) is 0 Å². The molecule has 6 nitrogen and oxygen atoms in total. The number of rotatable bonds is 6. The molecule has 0 radical (unpaired) electrons. The lowest BCUT2D eigenvalue weighted by atomic mass is 10.3. The minimum absolute atomic E-state index is 0.308. The van der Waals surface area contributed by atoms with Gasteiger partial charge in [0.1, 0.15) is 0 Å². The Morgan fingerprint density at radius 3 is 2.50 bits per heavy atom. The number of ether oxygens (including phenoxy) is 1. The summed E-state index contributed by atoms with van der Waals surface area (Å²) < 4.78 is 7.45. The fraction of sp³-hybridized carbons (Fsp3) is 0.500. The summed E-state index contributed by atoms with van der Waals surface area (Å²) in [5.74, 6) is 1.14. The molecule has 6 heteroatoms. The molecule has 0 aliphatic carbocycles. The maximum Gasteiger partial charge on any atom is 0.238 e. The minimum atomic E-state index is 0.308. The van der Waals surface area contributed by atoms with Gasteiger partial charge in [-0.3, -0.25) is 9.67 Å². The predicted molar refractivity (Wildman–Crippen MR) is 76.7 cm³/mol. The highest BCUT2D eigenvalue weighted by molar-refractivity contribution is 5.20. The Kier molecular flexibility index (Phi) is 4.68. The van der Waals surface area contributed by atoms with Crippen LogP contribution in [0.25, 0.3) is 0 Å². The molecule has 0 fully saturated rings. The van der Waals surface area contributed by atoms with Crippen LogP contribution in [-0.2, 0) is 6.54 Å². The van der Waals surface area contributed by atoms with E-state index in [9.17, 15) is 0 Å². The summed E-state index contributed by atoms with van der Waals surface area (Å²) in [6, 6.07) is 0.734. The van der Waals surface area contributed by atoms with E-state index in [2.05, 4.69) is 48.1 Å². The smallest absolute Gasteiger partial charge is 0.238 e. The van der Waals surface area contributed by atoms with Crippen LogP contribution in [0.3, 0.4) is 0 Å². The van der Waals surface area contributed by atoms with Gasteiger partial charge >= 0.3 is 0 Å². The van der Waals surface area contributed by atoms with Crippen molar-refractivity contribution in [2.24, 2.45) is 0 Å². The first kappa shape index (κ1) is 14.5. The van der Waals surface area contributed by atoms with E-state index in [1.165, 1.54) is 0 Å². The number of aromatic nitrogens is 4. The maximum atomic E-state index is 5.61. The van der Waals surface area contributed by atoms with Gasteiger partial charge in [-0.05, 0) is 13.8 Å². The van der Waals surface area contributed by atoms with Crippen molar-refractivity contribution in [1.82, 2.24) is 25.1 Å². The van der Waals surface area contributed by atoms with Crippen molar-refractivity contribution in [3.05, 3.63) is 30.5 Å². The van der Waals surface area contributed by atoms with Crippen molar-refractivity contribution in [1.29, 1.82) is 0 Å². The number of nitrogens with one attached hydrogen (secondary N) is 1. The molecule has 0 aromatic carbocycles. The molecule has 108 valence electrons. The normalized spacial score (nSPS) is 11.3. The van der Waals surface area contributed by atoms with Gasteiger partial charge in [0.2, 0.25) is 5.88 Å². The third kappa shape index (κ3) is 4.03. The van der Waals surface area contributed by atoms with Gasteiger partial charge in [0.15, 0.2) is 5.75 Å². The van der Waals surface area contributed by atoms with Crippen LogP contribution < -0.4 is 10.1 Å². The molecule has 0 bridgehead atoms. The lowest BCUT2D eigenvalue weighted by molar-refractivity contribution is 0.454. The van der Waals surface area contributed by atoms with E-state index in [0.717, 1.165) is 5.69 Å². The summed E-state index contributed by atoms with van der Waals surface area (Å²) in [7, 11) is 0. The molecule has 0 atom stereocenters. The molecule has 2 aromatic rings. The Morgan fingerprint density at radius 2 is 1.95 bits per heavy atom. The quantitative estimate of drug-likeness (QED) is 0.877. The van der Waals surface area contributed by atoms with E-state index >= 15 is 0 Å². The van der Waals surface area contributed by atoms with Crippen molar-refractivity contribution >= 4 is 0 Å². The van der Waals surface area contributed by atoms with Gasteiger partial charge in [0, 0.05) is 18.6 Å². The average molecular weight is 275 g/mol. The first-order chi connectivity index (χ1) is 9.54. The van der Waals surface area contributed by atoms with Gasteiger partial charge in [-0.25, -0.2) is 4.98 Å². The van der Waals surface area contributed by atoms with Gasteiger partial charge in [-0.2, -0.15) is 5.10 Å². The van der Waals surface area contributed by atoms with E-state index in [4.69, 9.17) is 4.74 Å². The van der Waals surface area contributed by atoms with E-state index in [1.54, 1.807) is 18.6 Å². The van der Waals surface area contributed by atoms with Crippen LogP contribution in [-0.4, -0.2) is 25.8 Å². The average Bonchev–Trinajstić information content (AvgIpc) is 2.86. The van der Waals surface area contributed by atoms with Crippen LogP contribution in [0, 0.1) is 0 Å². The van der Waals surface area contributed by atoms with Crippen LogP contribution in [0.1, 0.15) is 39.4 Å². The van der Waals surface area contributed by atoms with Gasteiger partial charge < -0.3 is 10.1 Å². The first-order valence-corrected chi connectivity index (χ1v) is 6.81. The predicted octanol–water partition coefficient (Wildman–Crippen LogP) is 2.54. The van der Waals surface area contributed by atoms with E-state index < -0.39 is 0 Å². The van der Waals surface area contributed by atoms with Crippen molar-refractivity contribution in [2.45, 2.75) is 46.3 Å². The lowest BCUT2D eigenvalue weighted by Gasteiger charge is -2.07. The standard InChI is InChI=1S/C14H21N5O/c1-10(2)15-5-12-6-17-14(8-16-12)20-13-7-18-19(9-13)11(3)4/h6-11,15H,5H2,1-4H3. The third-order valence-corrected chi connectivity index (χ3v) is 2.70. The molecule has 0 amide bonds. The van der Waals surface area contributed by atoms with Crippen LogP contribution >= 0.6 is 0 Å². The third-order valence-electron chi connectivity index (χ3n) is 2.70. The SMILES string of the molecule is CC(C)NCc1cnc(Oc2cnn(C(C)C)c2)cn1. The first-order valence-electron chi connectivity index (χ1n) is 6.81. The summed E-state index contributed by atoms with van der Waals surface area (Å²) in [5.41, 5.74) is 0.893. The number of hydrogen-bond donors (Lipinski definition) is 1. The number of nitrogens with zero attached hydrogens (tertiary/aromatic N) is 4. The van der Waals surface area contributed by atoms with Crippen LogP contribution in [0.2, 0.25) is 0 Å². The molecule has 2 aromatic heterocycles. The molecule has 0 saturated carbocycles. The molecular weight excluding hydrogens is 254 g/mol. The summed E-state index contributed by atoms with van der Waals surface area (Å²) in [5, 5.41) is 7.50. The zero-order chi connectivity index (χ0) is 14.5. The fourth-order valence-corrected chi connectivity index (χ4v) is 1.57.